The molecule has 20 heavy (non-hydrogen) atoms. The average Bonchev–Trinajstić information content (AvgIpc) is 2.50. The molecule has 2 rings (SSSR count). The summed E-state index contributed by atoms with van der Waals surface area (Å²) in [6.07, 6.45) is 4.53. The SMILES string of the molecule is N#CSCCCCCCOc1cccc2ccccc12. The molecule has 0 aromatic heterocycles. The van der Waals surface area contributed by atoms with Crippen molar-refractivity contribution in [3.63, 3.8) is 0 Å². The minimum atomic E-state index is 0.763. The highest BCUT2D eigenvalue weighted by atomic mass is 32.2. The normalized spacial score (nSPS) is 10.3. The molecule has 0 aliphatic heterocycles. The van der Waals surface area contributed by atoms with Crippen LogP contribution < -0.4 is 4.74 Å². The largest absolute Gasteiger partial charge is 0.493 e. The van der Waals surface area contributed by atoms with Crippen LogP contribution >= 0.6 is 11.8 Å². The maximum atomic E-state index is 8.41. The molecule has 2 nitrogen and oxygen atoms in total. The first-order valence-corrected chi connectivity index (χ1v) is 8.02. The van der Waals surface area contributed by atoms with E-state index in [1.807, 2.05) is 24.3 Å². The molecule has 0 unspecified atom stereocenters. The van der Waals surface area contributed by atoms with Gasteiger partial charge in [0.25, 0.3) is 0 Å². The van der Waals surface area contributed by atoms with Crippen molar-refractivity contribution in [1.29, 1.82) is 5.26 Å². The van der Waals surface area contributed by atoms with Crippen molar-refractivity contribution in [1.82, 2.24) is 0 Å². The lowest BCUT2D eigenvalue weighted by molar-refractivity contribution is 0.308. The Bertz CT molecular complexity index is 571. The molecule has 2 aromatic carbocycles. The third kappa shape index (κ3) is 4.47. The Hall–Kier alpha value is -1.66. The molecule has 0 aliphatic rings. The lowest BCUT2D eigenvalue weighted by atomic mass is 10.1. The van der Waals surface area contributed by atoms with E-state index in [0.29, 0.717) is 0 Å². The number of unbranched alkanes of at least 4 members (excludes halogenated alkanes) is 3. The van der Waals surface area contributed by atoms with Gasteiger partial charge in [0.2, 0.25) is 0 Å². The van der Waals surface area contributed by atoms with Crippen LogP contribution in [0.3, 0.4) is 0 Å². The second-order valence-electron chi connectivity index (χ2n) is 4.68. The van der Waals surface area contributed by atoms with Crippen molar-refractivity contribution in [3.8, 4) is 11.2 Å². The number of rotatable bonds is 8. The van der Waals surface area contributed by atoms with Crippen LogP contribution in [0.5, 0.6) is 5.75 Å². The summed E-state index contributed by atoms with van der Waals surface area (Å²) in [5.41, 5.74) is 0. The molecule has 3 heteroatoms. The maximum absolute atomic E-state index is 8.41. The molecular formula is C17H19NOS. The number of hydrogen-bond acceptors (Lipinski definition) is 3. The second-order valence-corrected chi connectivity index (χ2v) is 5.56. The smallest absolute Gasteiger partial charge is 0.133 e. The fraction of sp³-hybridized carbons (Fsp3) is 0.353. The molecule has 0 atom stereocenters. The van der Waals surface area contributed by atoms with Crippen LogP contribution in [0.2, 0.25) is 0 Å². The van der Waals surface area contributed by atoms with E-state index in [4.69, 9.17) is 10.00 Å². The number of fused-ring (bicyclic) bond motifs is 1. The Morgan fingerprint density at radius 2 is 1.75 bits per heavy atom. The Balaban J connectivity index is 1.72. The highest BCUT2D eigenvalue weighted by molar-refractivity contribution is 8.03. The lowest BCUT2D eigenvalue weighted by Crippen LogP contribution is -1.98. The highest BCUT2D eigenvalue weighted by Crippen LogP contribution is 2.25. The third-order valence-electron chi connectivity index (χ3n) is 3.21. The molecule has 0 spiro atoms. The van der Waals surface area contributed by atoms with Gasteiger partial charge in [-0.2, -0.15) is 5.26 Å². The molecule has 104 valence electrons. The Labute approximate surface area is 124 Å². The molecule has 0 N–H and O–H groups in total. The monoisotopic (exact) mass is 285 g/mol. The first kappa shape index (κ1) is 14.7. The van der Waals surface area contributed by atoms with Gasteiger partial charge >= 0.3 is 0 Å². The van der Waals surface area contributed by atoms with Crippen LogP contribution in [0.4, 0.5) is 0 Å². The number of ether oxygens (including phenoxy) is 1. The predicted octanol–water partition coefficient (Wildman–Crippen LogP) is 4.99. The topological polar surface area (TPSA) is 33.0 Å². The van der Waals surface area contributed by atoms with Gasteiger partial charge in [0.15, 0.2) is 0 Å². The number of thioether (sulfide) groups is 1. The van der Waals surface area contributed by atoms with E-state index in [2.05, 4.69) is 23.6 Å². The van der Waals surface area contributed by atoms with E-state index in [0.717, 1.165) is 37.4 Å². The van der Waals surface area contributed by atoms with Crippen molar-refractivity contribution in [2.24, 2.45) is 0 Å². The fourth-order valence-electron chi connectivity index (χ4n) is 2.18. The van der Waals surface area contributed by atoms with Gasteiger partial charge in [0, 0.05) is 11.1 Å². The molecule has 0 saturated heterocycles. The van der Waals surface area contributed by atoms with Crippen LogP contribution in [-0.2, 0) is 0 Å². The zero-order chi connectivity index (χ0) is 14.0. The van der Waals surface area contributed by atoms with Crippen LogP contribution in [0, 0.1) is 10.7 Å². The summed E-state index contributed by atoms with van der Waals surface area (Å²) < 4.78 is 5.89. The zero-order valence-electron chi connectivity index (χ0n) is 11.5. The molecule has 0 saturated carbocycles. The lowest BCUT2D eigenvalue weighted by Gasteiger charge is -2.09. The van der Waals surface area contributed by atoms with Crippen LogP contribution in [0.15, 0.2) is 42.5 Å². The van der Waals surface area contributed by atoms with Gasteiger partial charge in [0.1, 0.15) is 11.2 Å². The Kier molecular flexibility index (Phi) is 6.26. The maximum Gasteiger partial charge on any atom is 0.133 e. The minimum Gasteiger partial charge on any atom is -0.493 e. The molecule has 2 aromatic rings. The van der Waals surface area contributed by atoms with Crippen LogP contribution in [-0.4, -0.2) is 12.4 Å². The standard InChI is InChI=1S/C17H19NOS/c18-14-20-13-6-2-1-5-12-19-17-11-7-9-15-8-3-4-10-16(15)17/h3-4,7-11H,1-2,5-6,12-13H2. The second kappa shape index (κ2) is 8.50. The van der Waals surface area contributed by atoms with Crippen molar-refractivity contribution < 1.29 is 4.74 Å². The van der Waals surface area contributed by atoms with Gasteiger partial charge in [-0.3, -0.25) is 0 Å². The van der Waals surface area contributed by atoms with Crippen LogP contribution in [0.25, 0.3) is 10.8 Å². The molecular weight excluding hydrogens is 266 g/mol. The Morgan fingerprint density at radius 1 is 0.950 bits per heavy atom. The summed E-state index contributed by atoms with van der Waals surface area (Å²) in [6, 6.07) is 14.5. The van der Waals surface area contributed by atoms with E-state index in [9.17, 15) is 0 Å². The van der Waals surface area contributed by atoms with Gasteiger partial charge < -0.3 is 4.74 Å². The van der Waals surface area contributed by atoms with Gasteiger partial charge in [-0.05, 0) is 36.1 Å². The van der Waals surface area contributed by atoms with E-state index in [1.165, 1.54) is 29.0 Å². The zero-order valence-corrected chi connectivity index (χ0v) is 12.4. The number of nitrogens with zero attached hydrogens (tertiary/aromatic N) is 1. The van der Waals surface area contributed by atoms with E-state index >= 15 is 0 Å². The summed E-state index contributed by atoms with van der Waals surface area (Å²) in [7, 11) is 0. The molecule has 0 fully saturated rings. The van der Waals surface area contributed by atoms with E-state index in [-0.39, 0.29) is 0 Å². The summed E-state index contributed by atoms with van der Waals surface area (Å²) in [6.45, 7) is 0.763. The van der Waals surface area contributed by atoms with Crippen molar-refractivity contribution in [3.05, 3.63) is 42.5 Å². The summed E-state index contributed by atoms with van der Waals surface area (Å²) in [4.78, 5) is 0. The Morgan fingerprint density at radius 3 is 2.65 bits per heavy atom. The first-order valence-electron chi connectivity index (χ1n) is 7.03. The molecule has 0 amide bonds. The molecule has 0 aliphatic carbocycles. The average molecular weight is 285 g/mol. The third-order valence-corrected chi connectivity index (χ3v) is 3.83. The molecule has 0 heterocycles. The van der Waals surface area contributed by atoms with Gasteiger partial charge in [-0.25, -0.2) is 0 Å². The van der Waals surface area contributed by atoms with Crippen molar-refractivity contribution in [2.45, 2.75) is 25.7 Å². The summed E-state index contributed by atoms with van der Waals surface area (Å²) >= 11 is 1.34. The minimum absolute atomic E-state index is 0.763. The first-order chi connectivity index (χ1) is 9.92. The van der Waals surface area contributed by atoms with E-state index in [1.54, 1.807) is 0 Å². The molecule has 0 radical (unpaired) electrons. The van der Waals surface area contributed by atoms with Gasteiger partial charge in [-0.15, -0.1) is 0 Å². The van der Waals surface area contributed by atoms with Crippen molar-refractivity contribution >= 4 is 22.5 Å². The number of hydrogen-bond donors (Lipinski definition) is 0. The quantitative estimate of drug-likeness (QED) is 0.506. The fourth-order valence-corrected chi connectivity index (χ4v) is 2.62. The summed E-state index contributed by atoms with van der Waals surface area (Å²) in [5, 5.41) is 12.9. The van der Waals surface area contributed by atoms with E-state index < -0.39 is 0 Å². The molecule has 0 bridgehead atoms. The number of benzene rings is 2. The van der Waals surface area contributed by atoms with Crippen LogP contribution in [0.1, 0.15) is 25.7 Å². The predicted molar refractivity (Wildman–Crippen MR) is 86.0 cm³/mol. The van der Waals surface area contributed by atoms with Gasteiger partial charge in [-0.1, -0.05) is 49.2 Å². The number of nitriles is 1. The highest BCUT2D eigenvalue weighted by Gasteiger charge is 2.00. The van der Waals surface area contributed by atoms with Gasteiger partial charge in [0.05, 0.1) is 6.61 Å². The van der Waals surface area contributed by atoms with Crippen molar-refractivity contribution in [2.75, 3.05) is 12.4 Å². The number of thiocyanates is 1. The summed E-state index contributed by atoms with van der Waals surface area (Å²) in [5.74, 6) is 1.92.